The molecule has 0 aliphatic carbocycles. The lowest BCUT2D eigenvalue weighted by atomic mass is 10.2. The predicted octanol–water partition coefficient (Wildman–Crippen LogP) is 0.866. The summed E-state index contributed by atoms with van der Waals surface area (Å²) in [5.41, 5.74) is 0. The van der Waals surface area contributed by atoms with Crippen molar-refractivity contribution in [3.05, 3.63) is 0 Å². The monoisotopic (exact) mass is 189 g/mol. The van der Waals surface area contributed by atoms with Crippen LogP contribution in [-0.2, 0) is 9.53 Å². The van der Waals surface area contributed by atoms with Gasteiger partial charge in [0, 0.05) is 20.1 Å². The number of rotatable bonds is 8. The van der Waals surface area contributed by atoms with Crippen molar-refractivity contribution in [1.29, 1.82) is 0 Å². The van der Waals surface area contributed by atoms with E-state index in [1.165, 1.54) is 0 Å². The van der Waals surface area contributed by atoms with E-state index in [-0.39, 0.29) is 12.5 Å². The van der Waals surface area contributed by atoms with E-state index in [2.05, 4.69) is 5.32 Å². The van der Waals surface area contributed by atoms with E-state index in [4.69, 9.17) is 9.84 Å². The van der Waals surface area contributed by atoms with Gasteiger partial charge in [-0.05, 0) is 26.3 Å². The molecule has 0 radical (unpaired) electrons. The van der Waals surface area contributed by atoms with E-state index in [0.29, 0.717) is 0 Å². The van der Waals surface area contributed by atoms with Crippen molar-refractivity contribution in [1.82, 2.24) is 5.32 Å². The molecule has 0 aromatic carbocycles. The number of nitrogens with one attached hydrogen (secondary N) is 1. The second-order valence-electron chi connectivity index (χ2n) is 3.10. The van der Waals surface area contributed by atoms with Crippen LogP contribution in [0.1, 0.15) is 26.2 Å². The zero-order valence-corrected chi connectivity index (χ0v) is 8.38. The van der Waals surface area contributed by atoms with Gasteiger partial charge >= 0.3 is 5.97 Å². The Balaban J connectivity index is 3.04. The molecule has 0 aliphatic rings. The highest BCUT2D eigenvalue weighted by molar-refractivity contribution is 5.66. The molecular weight excluding hydrogens is 170 g/mol. The van der Waals surface area contributed by atoms with Crippen LogP contribution in [0.3, 0.4) is 0 Å². The normalized spacial score (nSPS) is 12.8. The first kappa shape index (κ1) is 12.4. The number of hydrogen-bond donors (Lipinski definition) is 2. The summed E-state index contributed by atoms with van der Waals surface area (Å²) < 4.78 is 5.04. The maximum absolute atomic E-state index is 10.1. The van der Waals surface area contributed by atoms with E-state index in [9.17, 15) is 4.79 Å². The predicted molar refractivity (Wildman–Crippen MR) is 50.8 cm³/mol. The molecule has 0 fully saturated rings. The van der Waals surface area contributed by atoms with Crippen LogP contribution in [-0.4, -0.2) is 37.4 Å². The van der Waals surface area contributed by atoms with Crippen molar-refractivity contribution in [2.24, 2.45) is 0 Å². The standard InChI is InChI=1S/C9H19NO3/c1-8(13-2)7-10-6-4-3-5-9(11)12/h8,10H,3-7H2,1-2H3,(H,11,12). The second kappa shape index (κ2) is 8.01. The van der Waals surface area contributed by atoms with Gasteiger partial charge in [-0.3, -0.25) is 4.79 Å². The highest BCUT2D eigenvalue weighted by atomic mass is 16.5. The van der Waals surface area contributed by atoms with Crippen molar-refractivity contribution >= 4 is 5.97 Å². The number of carbonyl (C=O) groups is 1. The van der Waals surface area contributed by atoms with Crippen LogP contribution in [0.4, 0.5) is 0 Å². The average molecular weight is 189 g/mol. The van der Waals surface area contributed by atoms with Gasteiger partial charge in [0.25, 0.3) is 0 Å². The highest BCUT2D eigenvalue weighted by Gasteiger charge is 1.98. The fraction of sp³-hybridized carbons (Fsp3) is 0.889. The molecular formula is C9H19NO3. The van der Waals surface area contributed by atoms with E-state index >= 15 is 0 Å². The zero-order chi connectivity index (χ0) is 10.1. The molecule has 0 saturated carbocycles. The molecule has 0 bridgehead atoms. The summed E-state index contributed by atoms with van der Waals surface area (Å²) in [5.74, 6) is -0.717. The fourth-order valence-electron chi connectivity index (χ4n) is 0.915. The number of aliphatic carboxylic acids is 1. The summed E-state index contributed by atoms with van der Waals surface area (Å²) in [5, 5.41) is 11.5. The molecule has 0 aromatic rings. The Labute approximate surface area is 79.3 Å². The summed E-state index contributed by atoms with van der Waals surface area (Å²) in [6.45, 7) is 3.68. The van der Waals surface area contributed by atoms with Crippen LogP contribution >= 0.6 is 0 Å². The Morgan fingerprint density at radius 1 is 1.54 bits per heavy atom. The largest absolute Gasteiger partial charge is 0.481 e. The van der Waals surface area contributed by atoms with Gasteiger partial charge in [0.15, 0.2) is 0 Å². The maximum atomic E-state index is 10.1. The zero-order valence-electron chi connectivity index (χ0n) is 8.38. The van der Waals surface area contributed by atoms with E-state index < -0.39 is 5.97 Å². The maximum Gasteiger partial charge on any atom is 0.303 e. The molecule has 4 nitrogen and oxygen atoms in total. The Hall–Kier alpha value is -0.610. The molecule has 0 aromatic heterocycles. The first-order valence-electron chi connectivity index (χ1n) is 4.62. The lowest BCUT2D eigenvalue weighted by Crippen LogP contribution is -2.26. The van der Waals surface area contributed by atoms with Gasteiger partial charge in [0.2, 0.25) is 0 Å². The quantitative estimate of drug-likeness (QED) is 0.556. The molecule has 78 valence electrons. The Morgan fingerprint density at radius 2 is 2.23 bits per heavy atom. The molecule has 0 saturated heterocycles. The smallest absolute Gasteiger partial charge is 0.303 e. The summed E-state index contributed by atoms with van der Waals surface area (Å²) in [7, 11) is 1.68. The van der Waals surface area contributed by atoms with Crippen molar-refractivity contribution in [3.63, 3.8) is 0 Å². The summed E-state index contributed by atoms with van der Waals surface area (Å²) in [6.07, 6.45) is 2.13. The third kappa shape index (κ3) is 9.30. The van der Waals surface area contributed by atoms with Crippen molar-refractivity contribution in [2.75, 3.05) is 20.2 Å². The summed E-state index contributed by atoms with van der Waals surface area (Å²) in [6, 6.07) is 0. The SMILES string of the molecule is COC(C)CNCCCCC(=O)O. The molecule has 1 unspecified atom stereocenters. The average Bonchev–Trinajstić information content (AvgIpc) is 2.10. The van der Waals surface area contributed by atoms with E-state index in [0.717, 1.165) is 25.9 Å². The number of hydrogen-bond acceptors (Lipinski definition) is 3. The van der Waals surface area contributed by atoms with Gasteiger partial charge in [0.05, 0.1) is 6.10 Å². The molecule has 4 heteroatoms. The van der Waals surface area contributed by atoms with Gasteiger partial charge in [-0.25, -0.2) is 0 Å². The minimum absolute atomic E-state index is 0.222. The molecule has 0 heterocycles. The van der Waals surface area contributed by atoms with Gasteiger partial charge in [-0.1, -0.05) is 0 Å². The van der Waals surface area contributed by atoms with Gasteiger partial charge in [-0.15, -0.1) is 0 Å². The van der Waals surface area contributed by atoms with Gasteiger partial charge in [0.1, 0.15) is 0 Å². The molecule has 2 N–H and O–H groups in total. The minimum Gasteiger partial charge on any atom is -0.481 e. The number of carboxylic acid groups (broad SMARTS) is 1. The lowest BCUT2D eigenvalue weighted by molar-refractivity contribution is -0.137. The first-order chi connectivity index (χ1) is 6.16. The summed E-state index contributed by atoms with van der Waals surface area (Å²) in [4.78, 5) is 10.1. The fourth-order valence-corrected chi connectivity index (χ4v) is 0.915. The number of ether oxygens (including phenoxy) is 1. The number of methoxy groups -OCH3 is 1. The third-order valence-electron chi connectivity index (χ3n) is 1.83. The van der Waals surface area contributed by atoms with Crippen molar-refractivity contribution in [3.8, 4) is 0 Å². The van der Waals surface area contributed by atoms with E-state index in [1.54, 1.807) is 7.11 Å². The van der Waals surface area contributed by atoms with Crippen molar-refractivity contribution in [2.45, 2.75) is 32.3 Å². The second-order valence-corrected chi connectivity index (χ2v) is 3.10. The number of unbranched alkanes of at least 4 members (excludes halogenated alkanes) is 1. The molecule has 0 rings (SSSR count). The topological polar surface area (TPSA) is 58.6 Å². The van der Waals surface area contributed by atoms with Crippen LogP contribution in [0, 0.1) is 0 Å². The van der Waals surface area contributed by atoms with Crippen LogP contribution in [0.5, 0.6) is 0 Å². The van der Waals surface area contributed by atoms with Crippen LogP contribution in [0.25, 0.3) is 0 Å². The molecule has 13 heavy (non-hydrogen) atoms. The molecule has 0 aliphatic heterocycles. The third-order valence-corrected chi connectivity index (χ3v) is 1.83. The van der Waals surface area contributed by atoms with E-state index in [1.807, 2.05) is 6.92 Å². The molecule has 1 atom stereocenters. The highest BCUT2D eigenvalue weighted by Crippen LogP contribution is 1.93. The van der Waals surface area contributed by atoms with Gasteiger partial charge in [-0.2, -0.15) is 0 Å². The number of carboxylic acids is 1. The lowest BCUT2D eigenvalue weighted by Gasteiger charge is -2.09. The Morgan fingerprint density at radius 3 is 2.77 bits per heavy atom. The van der Waals surface area contributed by atoms with Crippen LogP contribution < -0.4 is 5.32 Å². The van der Waals surface area contributed by atoms with Crippen LogP contribution in [0.15, 0.2) is 0 Å². The first-order valence-corrected chi connectivity index (χ1v) is 4.62. The van der Waals surface area contributed by atoms with Crippen molar-refractivity contribution < 1.29 is 14.6 Å². The van der Waals surface area contributed by atoms with Gasteiger partial charge < -0.3 is 15.2 Å². The molecule has 0 amide bonds. The summed E-state index contributed by atoms with van der Waals surface area (Å²) >= 11 is 0. The minimum atomic E-state index is -0.717. The Kier molecular flexibility index (Phi) is 7.63. The van der Waals surface area contributed by atoms with Crippen LogP contribution in [0.2, 0.25) is 0 Å². The molecule has 0 spiro atoms. The Bertz CT molecular complexity index is 139.